The van der Waals surface area contributed by atoms with Gasteiger partial charge in [-0.1, -0.05) is 45.9 Å². The van der Waals surface area contributed by atoms with Crippen molar-refractivity contribution in [2.75, 3.05) is 26.3 Å². The molecule has 3 N–H and O–H groups in total. The highest BCUT2D eigenvalue weighted by Gasteiger charge is 2.20. The summed E-state index contributed by atoms with van der Waals surface area (Å²) in [4.78, 5) is 23.6. The number of esters is 1. The molecule has 1 unspecified atom stereocenters. The lowest BCUT2D eigenvalue weighted by atomic mass is 10.0. The van der Waals surface area contributed by atoms with Crippen LogP contribution in [0.3, 0.4) is 0 Å². The maximum atomic E-state index is 11.9. The molecule has 0 aliphatic carbocycles. The molecule has 7 nitrogen and oxygen atoms in total. The third-order valence-electron chi connectivity index (χ3n) is 4.63. The second-order valence-electron chi connectivity index (χ2n) is 9.29. The molecular formula is C24H40N2O5. The van der Waals surface area contributed by atoms with Gasteiger partial charge in [-0.15, -0.1) is 0 Å². The molecule has 0 saturated heterocycles. The van der Waals surface area contributed by atoms with Crippen LogP contribution in [0.4, 0.5) is 0 Å². The minimum atomic E-state index is -0.718. The summed E-state index contributed by atoms with van der Waals surface area (Å²) in [6.07, 6.45) is 0.0847. The highest BCUT2D eigenvalue weighted by Crippen LogP contribution is 2.20. The molecule has 1 aromatic carbocycles. The van der Waals surface area contributed by atoms with E-state index in [2.05, 4.69) is 10.6 Å². The van der Waals surface area contributed by atoms with Gasteiger partial charge in [0.2, 0.25) is 5.91 Å². The molecule has 1 aromatic rings. The summed E-state index contributed by atoms with van der Waals surface area (Å²) in [5.41, 5.74) is 0.542. The van der Waals surface area contributed by atoms with Crippen LogP contribution in [0.15, 0.2) is 24.3 Å². The number of nitrogens with one attached hydrogen (secondary N) is 2. The van der Waals surface area contributed by atoms with E-state index in [1.165, 1.54) is 0 Å². The normalized spacial score (nSPS) is 12.7. The fraction of sp³-hybridized carbons (Fsp3) is 0.667. The molecule has 31 heavy (non-hydrogen) atoms. The number of aryl methyl sites for hydroxylation is 1. The van der Waals surface area contributed by atoms with Crippen LogP contribution in [-0.2, 0) is 20.7 Å². The molecule has 7 heteroatoms. The van der Waals surface area contributed by atoms with Gasteiger partial charge in [0, 0.05) is 31.0 Å². The monoisotopic (exact) mass is 436 g/mol. The molecule has 1 atom stereocenters. The van der Waals surface area contributed by atoms with Gasteiger partial charge >= 0.3 is 5.97 Å². The number of hydrogen-bond acceptors (Lipinski definition) is 6. The Morgan fingerprint density at radius 1 is 1.10 bits per heavy atom. The van der Waals surface area contributed by atoms with Gasteiger partial charge in [-0.2, -0.15) is 0 Å². The van der Waals surface area contributed by atoms with Crippen LogP contribution in [0, 0.1) is 11.8 Å². The van der Waals surface area contributed by atoms with Crippen molar-refractivity contribution in [1.29, 1.82) is 0 Å². The smallest absolute Gasteiger partial charge is 0.306 e. The molecule has 0 spiro atoms. The first-order chi connectivity index (χ1) is 14.5. The average Bonchev–Trinajstić information content (AvgIpc) is 2.72. The van der Waals surface area contributed by atoms with Crippen molar-refractivity contribution in [3.05, 3.63) is 29.8 Å². The van der Waals surface area contributed by atoms with Gasteiger partial charge in [-0.3, -0.25) is 9.59 Å². The predicted octanol–water partition coefficient (Wildman–Crippen LogP) is 2.70. The topological polar surface area (TPSA) is 96.9 Å². The summed E-state index contributed by atoms with van der Waals surface area (Å²) in [5, 5.41) is 16.5. The van der Waals surface area contributed by atoms with Gasteiger partial charge in [-0.25, -0.2) is 0 Å². The Bertz CT molecular complexity index is 688. The van der Waals surface area contributed by atoms with E-state index in [9.17, 15) is 14.7 Å². The number of aliphatic hydroxyl groups is 1. The maximum Gasteiger partial charge on any atom is 0.306 e. The molecule has 0 aliphatic rings. The van der Waals surface area contributed by atoms with Crippen LogP contribution in [-0.4, -0.2) is 54.9 Å². The van der Waals surface area contributed by atoms with E-state index in [0.29, 0.717) is 37.8 Å². The van der Waals surface area contributed by atoms with E-state index in [0.717, 1.165) is 5.56 Å². The number of benzene rings is 1. The van der Waals surface area contributed by atoms with Gasteiger partial charge in [0.1, 0.15) is 18.5 Å². The van der Waals surface area contributed by atoms with Crippen LogP contribution in [0.25, 0.3) is 0 Å². The van der Waals surface area contributed by atoms with Crippen LogP contribution < -0.4 is 15.4 Å². The maximum absolute atomic E-state index is 11.9. The molecule has 0 fully saturated rings. The second kappa shape index (κ2) is 13.3. The lowest BCUT2D eigenvalue weighted by Gasteiger charge is -2.28. The van der Waals surface area contributed by atoms with Crippen molar-refractivity contribution in [2.24, 2.45) is 11.8 Å². The number of carbonyl (C=O) groups is 2. The summed E-state index contributed by atoms with van der Waals surface area (Å²) < 4.78 is 11.0. The Morgan fingerprint density at radius 2 is 1.77 bits per heavy atom. The third kappa shape index (κ3) is 11.7. The predicted molar refractivity (Wildman–Crippen MR) is 122 cm³/mol. The fourth-order valence-corrected chi connectivity index (χ4v) is 2.63. The van der Waals surface area contributed by atoms with E-state index >= 15 is 0 Å². The van der Waals surface area contributed by atoms with Crippen LogP contribution in [0.5, 0.6) is 5.75 Å². The number of carbonyl (C=O) groups excluding carboxylic acids is 2. The molecule has 1 rings (SSSR count). The van der Waals surface area contributed by atoms with Gasteiger partial charge in [0.05, 0.1) is 6.61 Å². The molecule has 1 amide bonds. The van der Waals surface area contributed by atoms with Crippen molar-refractivity contribution in [2.45, 2.75) is 66.0 Å². The molecule has 0 aliphatic heterocycles. The molecule has 0 heterocycles. The lowest BCUT2D eigenvalue weighted by Crippen LogP contribution is -2.52. The molecule has 176 valence electrons. The van der Waals surface area contributed by atoms with Gasteiger partial charge in [-0.05, 0) is 37.8 Å². The van der Waals surface area contributed by atoms with E-state index in [1.807, 2.05) is 65.8 Å². The minimum Gasteiger partial charge on any atom is -0.491 e. The summed E-state index contributed by atoms with van der Waals surface area (Å²) in [7, 11) is 0. The SMILES string of the molecule is CC(C)COC(=O)CCc1ccccc1OCC(O)CNC(C)(C)CNC(=O)C(C)C. The van der Waals surface area contributed by atoms with E-state index in [1.54, 1.807) is 0 Å². The number of para-hydroxylation sites is 1. The minimum absolute atomic E-state index is 0.00320. The molecule has 0 aromatic heterocycles. The number of hydrogen-bond donors (Lipinski definition) is 3. The third-order valence-corrected chi connectivity index (χ3v) is 4.63. The van der Waals surface area contributed by atoms with E-state index < -0.39 is 6.10 Å². The molecule has 0 saturated carbocycles. The Hall–Kier alpha value is -2.12. The number of amides is 1. The van der Waals surface area contributed by atoms with Gasteiger partial charge in [0.15, 0.2) is 0 Å². The first kappa shape index (κ1) is 26.9. The van der Waals surface area contributed by atoms with Crippen molar-refractivity contribution in [3.63, 3.8) is 0 Å². The molecule has 0 bridgehead atoms. The van der Waals surface area contributed by atoms with Crippen LogP contribution >= 0.6 is 0 Å². The summed E-state index contributed by atoms with van der Waals surface area (Å²) in [6, 6.07) is 7.51. The van der Waals surface area contributed by atoms with Gasteiger partial charge < -0.3 is 25.2 Å². The lowest BCUT2D eigenvalue weighted by molar-refractivity contribution is -0.144. The summed E-state index contributed by atoms with van der Waals surface area (Å²) >= 11 is 0. The Kier molecular flexibility index (Phi) is 11.6. The highest BCUT2D eigenvalue weighted by atomic mass is 16.5. The number of ether oxygens (including phenoxy) is 2. The summed E-state index contributed by atoms with van der Waals surface area (Å²) in [5.74, 6) is 0.683. The highest BCUT2D eigenvalue weighted by molar-refractivity contribution is 5.77. The zero-order chi connectivity index (χ0) is 23.4. The molecule has 0 radical (unpaired) electrons. The van der Waals surface area contributed by atoms with Crippen molar-refractivity contribution in [1.82, 2.24) is 10.6 Å². The zero-order valence-corrected chi connectivity index (χ0v) is 19.9. The standard InChI is InChI=1S/C24H40N2O5/c1-17(2)14-31-22(28)12-11-19-9-7-8-10-21(19)30-15-20(27)13-26-24(5,6)16-25-23(29)18(3)4/h7-10,17-18,20,26-27H,11-16H2,1-6H3,(H,25,29). The first-order valence-electron chi connectivity index (χ1n) is 11.1. The Labute approximate surface area is 186 Å². The van der Waals surface area contributed by atoms with E-state index in [4.69, 9.17) is 9.47 Å². The number of rotatable bonds is 14. The second-order valence-corrected chi connectivity index (χ2v) is 9.29. The number of aliphatic hydroxyl groups excluding tert-OH is 1. The Balaban J connectivity index is 2.45. The quantitative estimate of drug-likeness (QED) is 0.388. The first-order valence-corrected chi connectivity index (χ1v) is 11.1. The Morgan fingerprint density at radius 3 is 2.42 bits per heavy atom. The summed E-state index contributed by atoms with van der Waals surface area (Å²) in [6.45, 7) is 13.0. The van der Waals surface area contributed by atoms with Crippen LogP contribution in [0.2, 0.25) is 0 Å². The largest absolute Gasteiger partial charge is 0.491 e. The van der Waals surface area contributed by atoms with Gasteiger partial charge in [0.25, 0.3) is 0 Å². The molecular weight excluding hydrogens is 396 g/mol. The zero-order valence-electron chi connectivity index (χ0n) is 19.9. The van der Waals surface area contributed by atoms with Crippen LogP contribution in [0.1, 0.15) is 53.5 Å². The van der Waals surface area contributed by atoms with E-state index in [-0.39, 0.29) is 36.4 Å². The fourth-order valence-electron chi connectivity index (χ4n) is 2.63. The van der Waals surface area contributed by atoms with Crippen molar-refractivity contribution in [3.8, 4) is 5.75 Å². The average molecular weight is 437 g/mol. The number of β-amino-alcohol motifs (C(OH)–C–C–N with tert-alkyl or cyclic N) is 1. The van der Waals surface area contributed by atoms with Crippen molar-refractivity contribution < 1.29 is 24.2 Å². The van der Waals surface area contributed by atoms with Crippen molar-refractivity contribution >= 4 is 11.9 Å².